The molecule has 0 aliphatic heterocycles. The minimum absolute atomic E-state index is 0.716. The molecule has 0 amide bonds. The monoisotopic (exact) mass is 211 g/mol. The van der Waals surface area contributed by atoms with Crippen molar-refractivity contribution in [2.75, 3.05) is 0 Å². The molecule has 0 atom stereocenters. The molecule has 1 N–H and O–H groups in total. The highest BCUT2D eigenvalue weighted by Crippen LogP contribution is 2.16. The van der Waals surface area contributed by atoms with Crippen molar-refractivity contribution in [2.24, 2.45) is 0 Å². The molecule has 2 heteroatoms. The lowest BCUT2D eigenvalue weighted by Gasteiger charge is -1.99. The third kappa shape index (κ3) is 2.15. The van der Waals surface area contributed by atoms with Crippen LogP contribution in [-0.2, 0) is 6.54 Å². The van der Waals surface area contributed by atoms with Gasteiger partial charge in [0.25, 0.3) is 0 Å². The molecule has 1 aromatic rings. The lowest BCUT2D eigenvalue weighted by molar-refractivity contribution is -0.465. The first kappa shape index (κ1) is 8.47. The van der Waals surface area contributed by atoms with Crippen molar-refractivity contribution in [2.45, 2.75) is 13.5 Å². The van der Waals surface area contributed by atoms with Crippen LogP contribution in [0, 0.1) is 6.92 Å². The number of rotatable bonds is 2. The number of hydrogen-bond donors (Lipinski definition) is 1. The third-order valence-electron chi connectivity index (χ3n) is 1.53. The molecule has 0 fully saturated rings. The van der Waals surface area contributed by atoms with E-state index in [4.69, 9.17) is 6.72 Å². The van der Waals surface area contributed by atoms with Gasteiger partial charge in [-0.05, 0) is 24.6 Å². The highest BCUT2D eigenvalue weighted by Gasteiger charge is 1.95. The Hall–Kier alpha value is -0.630. The SMILES string of the molecule is [CH-]=[NH+]Cc1ccc(Br)c(C)c1. The second-order valence-corrected chi connectivity index (χ2v) is 3.32. The number of benzene rings is 1. The highest BCUT2D eigenvalue weighted by molar-refractivity contribution is 9.10. The zero-order chi connectivity index (χ0) is 8.27. The summed E-state index contributed by atoms with van der Waals surface area (Å²) in [5.41, 5.74) is 2.44. The quantitative estimate of drug-likeness (QED) is 0.553. The smallest absolute Gasteiger partial charge is 0.135 e. The fourth-order valence-electron chi connectivity index (χ4n) is 0.935. The van der Waals surface area contributed by atoms with Gasteiger partial charge in [-0.25, -0.2) is 6.72 Å². The van der Waals surface area contributed by atoms with Crippen LogP contribution in [0.15, 0.2) is 22.7 Å². The maximum atomic E-state index is 5.19. The van der Waals surface area contributed by atoms with E-state index in [1.54, 1.807) is 0 Å². The van der Waals surface area contributed by atoms with Crippen LogP contribution in [-0.4, -0.2) is 6.72 Å². The summed E-state index contributed by atoms with van der Waals surface area (Å²) in [6.07, 6.45) is 0. The fourth-order valence-corrected chi connectivity index (χ4v) is 1.18. The number of hydrogen-bond acceptors (Lipinski definition) is 0. The van der Waals surface area contributed by atoms with Gasteiger partial charge in [0.2, 0.25) is 0 Å². The fraction of sp³-hybridized carbons (Fsp3) is 0.222. The summed E-state index contributed by atoms with van der Waals surface area (Å²) in [5, 5.41) is 0. The van der Waals surface area contributed by atoms with Crippen LogP contribution in [0.3, 0.4) is 0 Å². The van der Waals surface area contributed by atoms with E-state index in [0.717, 1.165) is 4.47 Å². The van der Waals surface area contributed by atoms with E-state index in [0.29, 0.717) is 6.54 Å². The van der Waals surface area contributed by atoms with Gasteiger partial charge in [0.05, 0.1) is 0 Å². The summed E-state index contributed by atoms with van der Waals surface area (Å²) in [6, 6.07) is 6.17. The summed E-state index contributed by atoms with van der Waals surface area (Å²) in [5.74, 6) is 0. The first-order valence-corrected chi connectivity index (χ1v) is 4.22. The number of halogens is 1. The van der Waals surface area contributed by atoms with Crippen molar-refractivity contribution in [3.63, 3.8) is 0 Å². The molecule has 0 unspecified atom stereocenters. The van der Waals surface area contributed by atoms with Gasteiger partial charge in [0, 0.05) is 10.0 Å². The minimum Gasteiger partial charge on any atom is -0.425 e. The average Bonchev–Trinajstić information content (AvgIpc) is 1.98. The van der Waals surface area contributed by atoms with Crippen molar-refractivity contribution >= 4 is 22.6 Å². The van der Waals surface area contributed by atoms with Gasteiger partial charge >= 0.3 is 0 Å². The predicted molar refractivity (Wildman–Crippen MR) is 49.6 cm³/mol. The Balaban J connectivity index is 2.95. The standard InChI is InChI=1S/C9H10BrN/c1-7-5-8(6-11-2)3-4-9(7)10/h2-5,11H,6H2,1H3. The molecule has 0 spiro atoms. The van der Waals surface area contributed by atoms with Gasteiger partial charge in [-0.3, -0.25) is 0 Å². The molecule has 1 rings (SSSR count). The van der Waals surface area contributed by atoms with E-state index in [-0.39, 0.29) is 0 Å². The largest absolute Gasteiger partial charge is 0.425 e. The van der Waals surface area contributed by atoms with Crippen LogP contribution in [0.25, 0.3) is 0 Å². The van der Waals surface area contributed by atoms with Crippen molar-refractivity contribution in [3.05, 3.63) is 33.8 Å². The van der Waals surface area contributed by atoms with Gasteiger partial charge in [-0.1, -0.05) is 22.0 Å². The maximum absolute atomic E-state index is 5.19. The van der Waals surface area contributed by atoms with Crippen molar-refractivity contribution in [1.82, 2.24) is 0 Å². The molecular formula is C9H10BrN. The van der Waals surface area contributed by atoms with Gasteiger partial charge in [0.1, 0.15) is 6.54 Å². The molecule has 11 heavy (non-hydrogen) atoms. The Labute approximate surface area is 75.3 Å². The topological polar surface area (TPSA) is 14.0 Å². The molecule has 0 aromatic heterocycles. The molecule has 0 radical (unpaired) electrons. The lowest BCUT2D eigenvalue weighted by Crippen LogP contribution is -2.63. The summed E-state index contributed by atoms with van der Waals surface area (Å²) in [4.78, 5) is 2.62. The third-order valence-corrected chi connectivity index (χ3v) is 2.42. The molecule has 0 saturated carbocycles. The van der Waals surface area contributed by atoms with Gasteiger partial charge in [-0.2, -0.15) is 0 Å². The molecule has 0 saturated heterocycles. The van der Waals surface area contributed by atoms with Gasteiger partial charge < -0.3 is 4.99 Å². The highest BCUT2D eigenvalue weighted by atomic mass is 79.9. The van der Waals surface area contributed by atoms with Crippen molar-refractivity contribution in [3.8, 4) is 0 Å². The molecule has 1 nitrogen and oxygen atoms in total. The number of nitrogens with one attached hydrogen (secondary N) is 1. The van der Waals surface area contributed by atoms with E-state index < -0.39 is 0 Å². The van der Waals surface area contributed by atoms with Crippen LogP contribution in [0.1, 0.15) is 11.1 Å². The maximum Gasteiger partial charge on any atom is 0.135 e. The van der Waals surface area contributed by atoms with Gasteiger partial charge in [-0.15, -0.1) is 0 Å². The molecule has 0 heterocycles. The minimum atomic E-state index is 0.716. The van der Waals surface area contributed by atoms with Crippen LogP contribution in [0.5, 0.6) is 0 Å². The van der Waals surface area contributed by atoms with E-state index in [9.17, 15) is 0 Å². The van der Waals surface area contributed by atoms with E-state index in [1.165, 1.54) is 11.1 Å². The zero-order valence-electron chi connectivity index (χ0n) is 6.39. The van der Waals surface area contributed by atoms with Crippen molar-refractivity contribution < 1.29 is 4.99 Å². The summed E-state index contributed by atoms with van der Waals surface area (Å²) >= 11 is 3.43. The Kier molecular flexibility index (Phi) is 2.83. The Morgan fingerprint density at radius 3 is 2.82 bits per heavy atom. The summed E-state index contributed by atoms with van der Waals surface area (Å²) in [6.45, 7) is 7.96. The van der Waals surface area contributed by atoms with Crippen LogP contribution in [0.2, 0.25) is 0 Å². The normalized spacial score (nSPS) is 9.64. The molecule has 58 valence electrons. The predicted octanol–water partition coefficient (Wildman–Crippen LogP) is 0.916. The Morgan fingerprint density at radius 1 is 1.55 bits per heavy atom. The Bertz CT molecular complexity index is 268. The zero-order valence-corrected chi connectivity index (χ0v) is 7.98. The second kappa shape index (κ2) is 3.67. The van der Waals surface area contributed by atoms with Gasteiger partial charge in [0.15, 0.2) is 0 Å². The Morgan fingerprint density at radius 2 is 2.27 bits per heavy atom. The van der Waals surface area contributed by atoms with Crippen LogP contribution >= 0.6 is 15.9 Å². The van der Waals surface area contributed by atoms with E-state index in [1.807, 2.05) is 12.1 Å². The number of aryl methyl sites for hydroxylation is 1. The molecule has 0 aliphatic carbocycles. The van der Waals surface area contributed by atoms with Crippen molar-refractivity contribution in [1.29, 1.82) is 0 Å². The van der Waals surface area contributed by atoms with Crippen LogP contribution in [0.4, 0.5) is 0 Å². The first-order chi connectivity index (χ1) is 5.24. The van der Waals surface area contributed by atoms with E-state index >= 15 is 0 Å². The molecular weight excluding hydrogens is 202 g/mol. The average molecular weight is 212 g/mol. The lowest BCUT2D eigenvalue weighted by atomic mass is 10.1. The van der Waals surface area contributed by atoms with E-state index in [2.05, 4.69) is 33.9 Å². The summed E-state index contributed by atoms with van der Waals surface area (Å²) in [7, 11) is 0. The molecule has 1 aromatic carbocycles. The molecule has 0 aliphatic rings. The van der Waals surface area contributed by atoms with Crippen LogP contribution < -0.4 is 4.99 Å². The second-order valence-electron chi connectivity index (χ2n) is 2.46. The summed E-state index contributed by atoms with van der Waals surface area (Å²) < 4.78 is 1.14. The first-order valence-electron chi connectivity index (χ1n) is 3.42. The molecule has 0 bridgehead atoms.